The third-order valence-electron chi connectivity index (χ3n) is 4.98. The number of ether oxygens (including phenoxy) is 2. The van der Waals surface area contributed by atoms with E-state index in [4.69, 9.17) is 9.47 Å². The maximum atomic E-state index is 5.53. The highest BCUT2D eigenvalue weighted by Crippen LogP contribution is 2.30. The minimum Gasteiger partial charge on any atom is -0.362 e. The number of rotatable bonds is 7. The van der Waals surface area contributed by atoms with Gasteiger partial charge in [-0.2, -0.15) is 5.10 Å². The van der Waals surface area contributed by atoms with Crippen LogP contribution in [0.5, 0.6) is 0 Å². The summed E-state index contributed by atoms with van der Waals surface area (Å²) in [7, 11) is 3.39. The van der Waals surface area contributed by atoms with Crippen molar-refractivity contribution < 1.29 is 9.47 Å². The summed E-state index contributed by atoms with van der Waals surface area (Å²) >= 11 is 1.66. The van der Waals surface area contributed by atoms with E-state index in [1.807, 2.05) is 39.0 Å². The predicted octanol–water partition coefficient (Wildman–Crippen LogP) is 2.90. The molecular formula is C21H24N6O2S. The van der Waals surface area contributed by atoms with Crippen molar-refractivity contribution in [2.75, 3.05) is 19.1 Å². The number of hydrogen-bond acceptors (Lipinski definition) is 8. The van der Waals surface area contributed by atoms with Gasteiger partial charge >= 0.3 is 0 Å². The van der Waals surface area contributed by atoms with Crippen LogP contribution in [0.1, 0.15) is 24.4 Å². The summed E-state index contributed by atoms with van der Waals surface area (Å²) in [5.74, 6) is 0.564. The van der Waals surface area contributed by atoms with Crippen LogP contribution in [0.2, 0.25) is 0 Å². The first-order valence-electron chi connectivity index (χ1n) is 9.62. The van der Waals surface area contributed by atoms with Crippen molar-refractivity contribution in [3.05, 3.63) is 52.3 Å². The first-order chi connectivity index (χ1) is 14.5. The molecule has 2 atom stereocenters. The number of anilines is 1. The molecule has 156 valence electrons. The Kier molecular flexibility index (Phi) is 5.76. The van der Waals surface area contributed by atoms with Gasteiger partial charge in [-0.15, -0.1) is 21.1 Å². The minimum atomic E-state index is -0.113. The van der Waals surface area contributed by atoms with Crippen molar-refractivity contribution in [2.45, 2.75) is 33.2 Å². The summed E-state index contributed by atoms with van der Waals surface area (Å²) in [6.07, 6.45) is 3.60. The van der Waals surface area contributed by atoms with E-state index in [1.54, 1.807) is 36.4 Å². The molecule has 30 heavy (non-hydrogen) atoms. The van der Waals surface area contributed by atoms with Crippen LogP contribution in [0.15, 0.2) is 36.5 Å². The van der Waals surface area contributed by atoms with Gasteiger partial charge in [0.1, 0.15) is 18.1 Å². The highest BCUT2D eigenvalue weighted by molar-refractivity contribution is 7.16. The Morgan fingerprint density at radius 1 is 1.07 bits per heavy atom. The van der Waals surface area contributed by atoms with Crippen LogP contribution in [-0.2, 0) is 9.47 Å². The molecule has 4 rings (SSSR count). The molecule has 9 heteroatoms. The molecule has 0 bridgehead atoms. The fraction of sp³-hybridized carbons (Fsp3) is 0.333. The molecule has 0 spiro atoms. The topological polar surface area (TPSA) is 77.7 Å². The Balaban J connectivity index is 1.73. The maximum Gasteiger partial charge on any atom is 0.202 e. The molecule has 0 radical (unpaired) electrons. The van der Waals surface area contributed by atoms with Crippen molar-refractivity contribution in [2.24, 2.45) is 0 Å². The van der Waals surface area contributed by atoms with Crippen LogP contribution in [0.3, 0.4) is 0 Å². The average molecular weight is 425 g/mol. The van der Waals surface area contributed by atoms with Gasteiger partial charge in [-0.05, 0) is 51.1 Å². The van der Waals surface area contributed by atoms with E-state index in [0.717, 1.165) is 32.1 Å². The molecule has 0 aliphatic rings. The lowest BCUT2D eigenvalue weighted by atomic mass is 10.3. The van der Waals surface area contributed by atoms with E-state index in [0.29, 0.717) is 5.82 Å². The fourth-order valence-corrected chi connectivity index (χ4v) is 4.35. The summed E-state index contributed by atoms with van der Waals surface area (Å²) in [4.78, 5) is 12.2. The number of aromatic nitrogens is 5. The summed E-state index contributed by atoms with van der Waals surface area (Å²) in [6, 6.07) is 9.83. The van der Waals surface area contributed by atoms with E-state index < -0.39 is 0 Å². The van der Waals surface area contributed by atoms with Crippen LogP contribution in [0, 0.1) is 6.92 Å². The molecular weight excluding hydrogens is 400 g/mol. The van der Waals surface area contributed by atoms with E-state index in [-0.39, 0.29) is 12.5 Å². The summed E-state index contributed by atoms with van der Waals surface area (Å²) in [6.45, 7) is 5.97. The van der Waals surface area contributed by atoms with Gasteiger partial charge in [0.15, 0.2) is 5.65 Å². The van der Waals surface area contributed by atoms with Gasteiger partial charge < -0.3 is 14.4 Å². The largest absolute Gasteiger partial charge is 0.362 e. The van der Waals surface area contributed by atoms with Crippen LogP contribution in [0.4, 0.5) is 5.00 Å². The fourth-order valence-electron chi connectivity index (χ4n) is 3.25. The molecule has 0 amide bonds. The van der Waals surface area contributed by atoms with E-state index >= 15 is 0 Å². The monoisotopic (exact) mass is 424 g/mol. The van der Waals surface area contributed by atoms with Crippen molar-refractivity contribution >= 4 is 28.1 Å². The van der Waals surface area contributed by atoms with Gasteiger partial charge in [0.05, 0.1) is 10.7 Å². The summed E-state index contributed by atoms with van der Waals surface area (Å²) < 4.78 is 12.6. The Morgan fingerprint density at radius 2 is 1.83 bits per heavy atom. The van der Waals surface area contributed by atoms with Crippen molar-refractivity contribution in [3.63, 3.8) is 0 Å². The third kappa shape index (κ3) is 3.79. The second kappa shape index (κ2) is 8.47. The summed E-state index contributed by atoms with van der Waals surface area (Å²) in [5, 5.41) is 11.0. The van der Waals surface area contributed by atoms with Gasteiger partial charge in [-0.1, -0.05) is 6.07 Å². The number of hydrogen-bond donors (Lipinski definition) is 0. The standard InChI is InChI=1S/C21H24N6O2S/c1-13-17(21-23-20(25-27(21)24-13)18-8-6-7-11-22-18)12-16-9-10-19(30-16)26(14(2)28-4)15(3)29-5/h6-12,14-15H,1-5H3/b17-12+. The van der Waals surface area contributed by atoms with Crippen LogP contribution < -0.4 is 10.1 Å². The smallest absolute Gasteiger partial charge is 0.202 e. The first-order valence-corrected chi connectivity index (χ1v) is 10.4. The normalized spacial score (nSPS) is 14.4. The lowest BCUT2D eigenvalue weighted by Gasteiger charge is -2.33. The molecule has 8 nitrogen and oxygen atoms in total. The average Bonchev–Trinajstić information content (AvgIpc) is 3.45. The molecule has 0 N–H and O–H groups in total. The SMILES string of the molecule is COC(C)N(c1ccc(/C=c2\c(C)nn3nc(-c4ccccn4)nc23)s1)C(C)OC. The van der Waals surface area contributed by atoms with E-state index in [1.165, 1.54) is 0 Å². The Bertz CT molecular complexity index is 1180. The molecule has 0 aromatic carbocycles. The van der Waals surface area contributed by atoms with E-state index in [2.05, 4.69) is 43.3 Å². The van der Waals surface area contributed by atoms with Crippen LogP contribution in [0.25, 0.3) is 23.2 Å². The number of aryl methyl sites for hydroxylation is 1. The highest BCUT2D eigenvalue weighted by atomic mass is 32.1. The molecule has 0 saturated carbocycles. The number of fused-ring (bicyclic) bond motifs is 1. The van der Waals surface area contributed by atoms with Gasteiger partial charge in [0.2, 0.25) is 5.82 Å². The third-order valence-corrected chi connectivity index (χ3v) is 6.03. The molecule has 4 aromatic heterocycles. The molecule has 0 fully saturated rings. The van der Waals surface area contributed by atoms with Crippen molar-refractivity contribution in [3.8, 4) is 11.5 Å². The van der Waals surface area contributed by atoms with Crippen LogP contribution in [-0.4, -0.2) is 51.5 Å². The minimum absolute atomic E-state index is 0.113. The predicted molar refractivity (Wildman–Crippen MR) is 117 cm³/mol. The van der Waals surface area contributed by atoms with Gasteiger partial charge in [-0.25, -0.2) is 4.98 Å². The highest BCUT2D eigenvalue weighted by Gasteiger charge is 2.22. The molecule has 0 aliphatic carbocycles. The lowest BCUT2D eigenvalue weighted by Crippen LogP contribution is -2.41. The lowest BCUT2D eigenvalue weighted by molar-refractivity contribution is 0.0434. The molecule has 0 aliphatic heterocycles. The maximum absolute atomic E-state index is 5.53. The van der Waals surface area contributed by atoms with E-state index in [9.17, 15) is 0 Å². The van der Waals surface area contributed by atoms with Gasteiger partial charge in [0.25, 0.3) is 0 Å². The zero-order valence-electron chi connectivity index (χ0n) is 17.6. The number of pyridine rings is 1. The van der Waals surface area contributed by atoms with Crippen molar-refractivity contribution in [1.82, 2.24) is 24.8 Å². The number of nitrogens with zero attached hydrogens (tertiary/aromatic N) is 6. The molecule has 2 unspecified atom stereocenters. The van der Waals surface area contributed by atoms with Gasteiger partial charge in [-0.3, -0.25) is 4.98 Å². The van der Waals surface area contributed by atoms with Crippen molar-refractivity contribution in [1.29, 1.82) is 0 Å². The molecule has 0 saturated heterocycles. The quantitative estimate of drug-likeness (QED) is 0.422. The second-order valence-corrected chi connectivity index (χ2v) is 7.95. The molecule has 4 aromatic rings. The molecule has 4 heterocycles. The van der Waals surface area contributed by atoms with Gasteiger partial charge in [0, 0.05) is 30.5 Å². The number of thiophene rings is 1. The first kappa shape index (κ1) is 20.4. The Hall–Kier alpha value is -2.88. The zero-order chi connectivity index (χ0) is 21.3. The Labute approximate surface area is 178 Å². The second-order valence-electron chi connectivity index (χ2n) is 6.86. The number of methoxy groups -OCH3 is 2. The zero-order valence-corrected chi connectivity index (χ0v) is 18.4. The van der Waals surface area contributed by atoms with Crippen LogP contribution >= 0.6 is 11.3 Å². The Morgan fingerprint density at radius 3 is 2.50 bits per heavy atom. The summed E-state index contributed by atoms with van der Waals surface area (Å²) in [5.41, 5.74) is 2.32.